The monoisotopic (exact) mass is 250 g/mol. The first kappa shape index (κ1) is 11.8. The Morgan fingerprint density at radius 1 is 1.56 bits per heavy atom. The summed E-state index contributed by atoms with van der Waals surface area (Å²) in [6, 6.07) is 0. The van der Waals surface area contributed by atoms with Crippen molar-refractivity contribution >= 4 is 11.9 Å². The van der Waals surface area contributed by atoms with E-state index in [2.05, 4.69) is 13.5 Å². The van der Waals surface area contributed by atoms with Gasteiger partial charge in [0.05, 0.1) is 5.41 Å². The normalized spacial score (nSPS) is 48.2. The molecular weight excluding hydrogens is 232 g/mol. The second kappa shape index (κ2) is 3.37. The molecule has 6 atom stereocenters. The van der Waals surface area contributed by atoms with E-state index in [0.29, 0.717) is 5.57 Å². The fraction of sp³-hybridized carbons (Fsp3) is 0.714. The standard InChI is InChI=1S/C14H18O4/c1-6(2)12(15)17-10-8-5-9-11(10)18-13(16)14(9,4)7(8)3/h7-11H,1,5H2,2-4H3. The van der Waals surface area contributed by atoms with Crippen LogP contribution in [-0.2, 0) is 19.1 Å². The molecular formula is C14H18O4. The largest absolute Gasteiger partial charge is 0.458 e. The van der Waals surface area contributed by atoms with Crippen molar-refractivity contribution in [2.24, 2.45) is 23.2 Å². The predicted octanol–water partition coefficient (Wildman–Crippen LogP) is 1.69. The van der Waals surface area contributed by atoms with Gasteiger partial charge in [0.2, 0.25) is 0 Å². The molecule has 1 saturated heterocycles. The summed E-state index contributed by atoms with van der Waals surface area (Å²) < 4.78 is 10.9. The third-order valence-corrected chi connectivity index (χ3v) is 5.30. The molecule has 3 rings (SSSR count). The third kappa shape index (κ3) is 1.16. The summed E-state index contributed by atoms with van der Waals surface area (Å²) in [5.41, 5.74) is 0.0130. The number of fused-ring (bicyclic) bond motifs is 1. The van der Waals surface area contributed by atoms with E-state index >= 15 is 0 Å². The van der Waals surface area contributed by atoms with Gasteiger partial charge in [-0.1, -0.05) is 13.5 Å². The zero-order valence-electron chi connectivity index (χ0n) is 10.9. The van der Waals surface area contributed by atoms with E-state index in [1.165, 1.54) is 0 Å². The van der Waals surface area contributed by atoms with Gasteiger partial charge in [-0.05, 0) is 26.2 Å². The molecule has 2 aliphatic carbocycles. The first-order chi connectivity index (χ1) is 8.37. The Labute approximate surface area is 106 Å². The van der Waals surface area contributed by atoms with E-state index in [1.807, 2.05) is 6.92 Å². The van der Waals surface area contributed by atoms with Crippen molar-refractivity contribution in [2.75, 3.05) is 0 Å². The molecule has 2 saturated carbocycles. The van der Waals surface area contributed by atoms with Crippen molar-refractivity contribution in [1.82, 2.24) is 0 Å². The van der Waals surface area contributed by atoms with Gasteiger partial charge in [0.15, 0.2) is 0 Å². The van der Waals surface area contributed by atoms with Gasteiger partial charge >= 0.3 is 11.9 Å². The number of carbonyl (C=O) groups is 2. The molecule has 3 fully saturated rings. The van der Waals surface area contributed by atoms with Crippen LogP contribution >= 0.6 is 0 Å². The van der Waals surface area contributed by atoms with Gasteiger partial charge in [0.25, 0.3) is 0 Å². The Kier molecular flexibility index (Phi) is 2.20. The molecule has 0 N–H and O–H groups in total. The van der Waals surface area contributed by atoms with Crippen LogP contribution in [0, 0.1) is 23.2 Å². The summed E-state index contributed by atoms with van der Waals surface area (Å²) in [6.07, 6.45) is 0.392. The molecule has 0 aromatic carbocycles. The Balaban J connectivity index is 1.88. The van der Waals surface area contributed by atoms with Gasteiger partial charge in [0, 0.05) is 17.4 Å². The van der Waals surface area contributed by atoms with Crippen molar-refractivity contribution in [3.05, 3.63) is 12.2 Å². The molecule has 6 unspecified atom stereocenters. The highest BCUT2D eigenvalue weighted by atomic mass is 16.6. The predicted molar refractivity (Wildman–Crippen MR) is 63.4 cm³/mol. The lowest BCUT2D eigenvalue weighted by Gasteiger charge is -2.34. The highest BCUT2D eigenvalue weighted by Gasteiger charge is 2.72. The molecule has 4 nitrogen and oxygen atoms in total. The van der Waals surface area contributed by atoms with Gasteiger partial charge in [-0.2, -0.15) is 0 Å². The maximum absolute atomic E-state index is 12.0. The number of carbonyl (C=O) groups excluding carboxylic acids is 2. The minimum atomic E-state index is -0.385. The molecule has 1 aliphatic heterocycles. The number of ether oxygens (including phenoxy) is 2. The van der Waals surface area contributed by atoms with Gasteiger partial charge in [-0.25, -0.2) is 4.79 Å². The number of hydrogen-bond acceptors (Lipinski definition) is 4. The lowest BCUT2D eigenvalue weighted by atomic mass is 9.68. The van der Waals surface area contributed by atoms with Crippen LogP contribution in [0.1, 0.15) is 27.2 Å². The summed E-state index contributed by atoms with van der Waals surface area (Å²) in [7, 11) is 0. The van der Waals surface area contributed by atoms with Crippen LogP contribution in [0.2, 0.25) is 0 Å². The van der Waals surface area contributed by atoms with Crippen molar-refractivity contribution in [1.29, 1.82) is 0 Å². The first-order valence-corrected chi connectivity index (χ1v) is 6.45. The minimum Gasteiger partial charge on any atom is -0.458 e. The van der Waals surface area contributed by atoms with Crippen molar-refractivity contribution in [3.8, 4) is 0 Å². The molecule has 1 heterocycles. The number of esters is 2. The lowest BCUT2D eigenvalue weighted by Crippen LogP contribution is -2.44. The maximum atomic E-state index is 12.0. The highest BCUT2D eigenvalue weighted by molar-refractivity contribution is 5.87. The Morgan fingerprint density at radius 3 is 2.83 bits per heavy atom. The summed E-state index contributed by atoms with van der Waals surface area (Å²) in [4.78, 5) is 23.7. The van der Waals surface area contributed by atoms with Crippen LogP contribution < -0.4 is 0 Å². The fourth-order valence-corrected chi connectivity index (χ4v) is 4.01. The van der Waals surface area contributed by atoms with Crippen LogP contribution in [0.15, 0.2) is 12.2 Å². The fourth-order valence-electron chi connectivity index (χ4n) is 4.01. The molecule has 0 aromatic rings. The molecule has 0 aromatic heterocycles. The van der Waals surface area contributed by atoms with Gasteiger partial charge in [0.1, 0.15) is 12.2 Å². The SMILES string of the molecule is C=C(C)C(=O)OC1C2CC3C1OC(=O)C3(C)C2C. The first-order valence-electron chi connectivity index (χ1n) is 6.45. The zero-order valence-corrected chi connectivity index (χ0v) is 10.9. The highest BCUT2D eigenvalue weighted by Crippen LogP contribution is 2.65. The second-order valence-electron chi connectivity index (χ2n) is 6.10. The Hall–Kier alpha value is -1.32. The minimum absolute atomic E-state index is 0.124. The molecule has 0 spiro atoms. The van der Waals surface area contributed by atoms with Crippen molar-refractivity contribution in [3.63, 3.8) is 0 Å². The van der Waals surface area contributed by atoms with Gasteiger partial charge in [-0.15, -0.1) is 0 Å². The van der Waals surface area contributed by atoms with E-state index in [9.17, 15) is 9.59 Å². The van der Waals surface area contributed by atoms with Crippen LogP contribution in [0.25, 0.3) is 0 Å². The maximum Gasteiger partial charge on any atom is 0.333 e. The average molecular weight is 250 g/mol. The second-order valence-corrected chi connectivity index (χ2v) is 6.10. The third-order valence-electron chi connectivity index (χ3n) is 5.30. The average Bonchev–Trinajstić information content (AvgIpc) is 2.84. The molecule has 4 heteroatoms. The Morgan fingerprint density at radius 2 is 2.22 bits per heavy atom. The summed E-state index contributed by atoms with van der Waals surface area (Å²) in [5.74, 6) is 0.134. The van der Waals surface area contributed by atoms with Gasteiger partial charge in [-0.3, -0.25) is 4.79 Å². The number of hydrogen-bond donors (Lipinski definition) is 0. The molecule has 98 valence electrons. The van der Waals surface area contributed by atoms with E-state index in [1.54, 1.807) is 6.92 Å². The van der Waals surface area contributed by atoms with Crippen LogP contribution in [0.5, 0.6) is 0 Å². The molecule has 0 amide bonds. The van der Waals surface area contributed by atoms with Crippen molar-refractivity contribution < 1.29 is 19.1 Å². The lowest BCUT2D eigenvalue weighted by molar-refractivity contribution is -0.158. The number of rotatable bonds is 2. The van der Waals surface area contributed by atoms with E-state index in [-0.39, 0.29) is 47.3 Å². The van der Waals surface area contributed by atoms with Crippen LogP contribution in [0.4, 0.5) is 0 Å². The summed E-state index contributed by atoms with van der Waals surface area (Å²) >= 11 is 0. The summed E-state index contributed by atoms with van der Waals surface area (Å²) in [6.45, 7) is 9.27. The molecule has 2 bridgehead atoms. The van der Waals surface area contributed by atoms with Gasteiger partial charge < -0.3 is 9.47 Å². The van der Waals surface area contributed by atoms with Crippen LogP contribution in [0.3, 0.4) is 0 Å². The van der Waals surface area contributed by atoms with E-state index < -0.39 is 0 Å². The topological polar surface area (TPSA) is 52.6 Å². The van der Waals surface area contributed by atoms with Crippen LogP contribution in [-0.4, -0.2) is 24.1 Å². The molecule has 0 radical (unpaired) electrons. The molecule has 3 aliphatic rings. The summed E-state index contributed by atoms with van der Waals surface area (Å²) in [5, 5.41) is 0. The zero-order chi connectivity index (χ0) is 13.2. The quantitative estimate of drug-likeness (QED) is 0.553. The Bertz CT molecular complexity index is 455. The van der Waals surface area contributed by atoms with E-state index in [0.717, 1.165) is 6.42 Å². The van der Waals surface area contributed by atoms with E-state index in [4.69, 9.17) is 9.47 Å². The smallest absolute Gasteiger partial charge is 0.333 e. The molecule has 18 heavy (non-hydrogen) atoms. The van der Waals surface area contributed by atoms with Crippen molar-refractivity contribution in [2.45, 2.75) is 39.4 Å².